The highest BCUT2D eigenvalue weighted by Gasteiger charge is 2.66. The van der Waals surface area contributed by atoms with Gasteiger partial charge in [-0.25, -0.2) is 19.2 Å². The fraction of sp³-hybridized carbons (Fsp3) is 0.563. The number of carbonyl (C=O) groups is 19. The normalized spacial score (nSPS) is 27.9. The number of ether oxygens (including phenoxy) is 27. The summed E-state index contributed by atoms with van der Waals surface area (Å²) in [7, 11) is 0.723. The number of rotatable bonds is 39. The minimum absolute atomic E-state index is 0.166. The molecule has 0 aromatic heterocycles. The number of nitrogens with one attached hydrogen (secondary N) is 3. The van der Waals surface area contributed by atoms with Crippen LogP contribution in [0.4, 0.5) is 0 Å². The molecule has 0 saturated carbocycles. The van der Waals surface area contributed by atoms with Crippen molar-refractivity contribution in [3.63, 3.8) is 0 Å². The lowest BCUT2D eigenvalue weighted by atomic mass is 9.87. The third-order valence-electron chi connectivity index (χ3n) is 20.1. The van der Waals surface area contributed by atoms with Gasteiger partial charge in [0.2, 0.25) is 24.2 Å². The van der Waals surface area contributed by atoms with Crippen LogP contribution in [-0.2, 0) is 205 Å². The van der Waals surface area contributed by atoms with Gasteiger partial charge in [-0.1, -0.05) is 89.4 Å². The van der Waals surface area contributed by atoms with Crippen molar-refractivity contribution in [3.05, 3.63) is 108 Å². The van der Waals surface area contributed by atoms with Crippen LogP contribution < -0.4 is 10.6 Å². The van der Waals surface area contributed by atoms with Gasteiger partial charge in [0.05, 0.1) is 36.3 Å². The quantitative estimate of drug-likeness (QED) is 0.0242. The summed E-state index contributed by atoms with van der Waals surface area (Å²) in [5.41, 5.74) is -0.848. The molecule has 0 unspecified atom stereocenters. The molecule has 0 radical (unpaired) electrons. The van der Waals surface area contributed by atoms with Crippen molar-refractivity contribution >= 4 is 154 Å². The number of carbonyl (C=O) groups excluding carboxylic acids is 19. The molecule has 2 amide bonds. The van der Waals surface area contributed by atoms with Crippen LogP contribution in [0, 0.1) is 5.41 Å². The zero-order chi connectivity index (χ0) is 103. The van der Waals surface area contributed by atoms with E-state index >= 15 is 14.4 Å². The summed E-state index contributed by atoms with van der Waals surface area (Å²) in [4.78, 5) is 264. The van der Waals surface area contributed by atoms with Crippen molar-refractivity contribution in [1.29, 1.82) is 5.41 Å². The van der Waals surface area contributed by atoms with Crippen molar-refractivity contribution in [3.8, 4) is 0 Å². The molecule has 3 N–H and O–H groups in total. The summed E-state index contributed by atoms with van der Waals surface area (Å²) in [6, 6.07) is 15.8. The highest BCUT2D eigenvalue weighted by Crippen LogP contribution is 2.45. The van der Waals surface area contributed by atoms with Crippen molar-refractivity contribution in [1.82, 2.24) is 10.6 Å². The molecule has 5 saturated heterocycles. The van der Waals surface area contributed by atoms with Gasteiger partial charge in [-0.15, -0.1) is 0 Å². The maximum Gasteiger partial charge on any atom is 0.366 e. The summed E-state index contributed by atoms with van der Waals surface area (Å²) in [5, 5.41) is 13.4. The number of halogens is 3. The van der Waals surface area contributed by atoms with E-state index in [9.17, 15) is 76.7 Å². The van der Waals surface area contributed by atoms with Gasteiger partial charge in [0, 0.05) is 96.9 Å². The number of esters is 17. The number of alkyl halides is 3. The van der Waals surface area contributed by atoms with Crippen LogP contribution in [0.15, 0.2) is 91.0 Å². The summed E-state index contributed by atoms with van der Waals surface area (Å²) in [6.45, 7) is 5.40. The standard InChI is InChI=1S/C87H102Cl3N3O46/c1-38(94)92-63-69(124-48(11)104)64(57(33-115-40(3)96)128-80(63)136-72-66(123-47(10)103)58(34-116-41(4)97)129-81(75(72)127-51(14)107)135-67-59(35-117-42(5)98)131-83(137-84(91)87(88,89)90)74(126-50(13)106)71(67)125-49(12)105)134-82-76(133-79(111)54-29-23-18-24-30-54)73(68(132-78(110)53-27-21-17-22-28-53)60(130-82)36-119-77(109)52-25-19-16-20-26-52)139-86(85(112)113-15)31-55(120-44(7)100)62(93-61(108)37-118-43(6)99)70(138-86)65(122-46(9)102)56(121-45(8)101)32-114-39(2)95/h16-30,55-60,62-76,80-83,91H,31-37H2,1-15H3,(H,92,94)(H,93,108)/t55-,56+,57+,58+,59+,60+,62+,63+,64+,65+,66-,67+,68-,69+,70+,71-,72-,73-,74+,75+,76+,80-,81-,82-,83+,86-/m0/s1. The molecular weight excluding hydrogens is 1930 g/mol. The molecule has 5 fully saturated rings. The Bertz CT molecular complexity index is 4910. The maximum absolute atomic E-state index is 15.9. The molecule has 3 aromatic rings. The lowest BCUT2D eigenvalue weighted by Gasteiger charge is -2.53. The zero-order valence-electron chi connectivity index (χ0n) is 77.0. The molecule has 0 spiro atoms. The van der Waals surface area contributed by atoms with E-state index < -0.39 is 328 Å². The zero-order valence-corrected chi connectivity index (χ0v) is 79.2. The molecule has 0 aliphatic carbocycles. The van der Waals surface area contributed by atoms with Gasteiger partial charge >= 0.3 is 101 Å². The first-order valence-electron chi connectivity index (χ1n) is 42.2. The summed E-state index contributed by atoms with van der Waals surface area (Å²) < 4.78 is 161. The van der Waals surface area contributed by atoms with Crippen LogP contribution in [-0.4, -0.2) is 329 Å². The van der Waals surface area contributed by atoms with Gasteiger partial charge in [0.1, 0.15) is 100 Å². The van der Waals surface area contributed by atoms with Gasteiger partial charge in [0.15, 0.2) is 74.3 Å². The SMILES string of the molecule is COC(=O)[C@@]1(O[C@H]2[C@@H](OC(=O)c3ccccc3)[C@@H](COC(=O)c3ccccc3)O[C@@H](O[C@H]3[C@H](OC(C)=O)[C@@H](NC(C)=O)[C@H](O[C@H]4[C@@H](OC(C)=O)[C@@H](COC(C)=O)O[C@@H](O[C@H]5[C@H](OC(C)=O)[C@@H](OC(C)=O)[C@@H](OC(=N)C(Cl)(Cl)Cl)O[C@@H]5COC(C)=O)[C@@H]4OC(C)=O)O[C@@H]3COC(C)=O)[C@@H]2OC(=O)c2ccccc2)C[C@H](OC(C)=O)[C@@H](NC(=O)COC(C)=O)[C@H]([C@H](OC(C)=O)[C@@H](COC(C)=O)OC(C)=O)O1. The van der Waals surface area contributed by atoms with E-state index in [1.807, 2.05) is 0 Å². The Labute approximate surface area is 806 Å². The largest absolute Gasteiger partial charge is 0.465 e. The van der Waals surface area contributed by atoms with E-state index in [2.05, 4.69) is 10.6 Å². The molecule has 5 heterocycles. The van der Waals surface area contributed by atoms with E-state index in [-0.39, 0.29) is 16.7 Å². The minimum Gasteiger partial charge on any atom is -0.465 e. The minimum atomic E-state index is -3.57. The molecule has 26 atom stereocenters. The average molecular weight is 2030 g/mol. The second-order valence-electron chi connectivity index (χ2n) is 31.0. The Kier molecular flexibility index (Phi) is 41.4. The van der Waals surface area contributed by atoms with Crippen molar-refractivity contribution in [2.24, 2.45) is 0 Å². The van der Waals surface area contributed by atoms with Crippen LogP contribution in [0.25, 0.3) is 0 Å². The Hall–Kier alpha value is -12.4. The predicted molar refractivity (Wildman–Crippen MR) is 453 cm³/mol. The third-order valence-corrected chi connectivity index (χ3v) is 20.6. The molecule has 49 nitrogen and oxygen atoms in total. The summed E-state index contributed by atoms with van der Waals surface area (Å²) in [5.74, 6) is -28.3. The first kappa shape index (κ1) is 112. The number of methoxy groups -OCH3 is 1. The highest BCUT2D eigenvalue weighted by molar-refractivity contribution is 6.76. The average Bonchev–Trinajstić information content (AvgIpc) is 0.739. The van der Waals surface area contributed by atoms with Crippen LogP contribution in [0.1, 0.15) is 134 Å². The van der Waals surface area contributed by atoms with Gasteiger partial charge < -0.3 is 139 Å². The second-order valence-corrected chi connectivity index (χ2v) is 33.3. The van der Waals surface area contributed by atoms with E-state index in [4.69, 9.17) is 168 Å². The molecule has 3 aromatic carbocycles. The van der Waals surface area contributed by atoms with E-state index in [0.717, 1.165) is 104 Å². The number of benzene rings is 3. The Morgan fingerprint density at radius 1 is 0.381 bits per heavy atom. The maximum atomic E-state index is 15.9. The first-order valence-corrected chi connectivity index (χ1v) is 43.3. The van der Waals surface area contributed by atoms with Crippen LogP contribution >= 0.6 is 34.8 Å². The van der Waals surface area contributed by atoms with Crippen LogP contribution in [0.2, 0.25) is 0 Å². The molecule has 762 valence electrons. The third kappa shape index (κ3) is 32.6. The topological polar surface area (TPSA) is 621 Å². The van der Waals surface area contributed by atoms with Crippen molar-refractivity contribution < 1.29 is 219 Å². The van der Waals surface area contributed by atoms with Crippen molar-refractivity contribution in [2.45, 2.75) is 266 Å². The van der Waals surface area contributed by atoms with E-state index in [1.54, 1.807) is 0 Å². The number of hydrogen-bond donors (Lipinski definition) is 3. The lowest BCUT2D eigenvalue weighted by Crippen LogP contribution is -2.73. The van der Waals surface area contributed by atoms with Crippen LogP contribution in [0.3, 0.4) is 0 Å². The Morgan fingerprint density at radius 3 is 1.20 bits per heavy atom. The summed E-state index contributed by atoms with van der Waals surface area (Å²) >= 11 is 18.0. The molecule has 5 aliphatic rings. The van der Waals surface area contributed by atoms with Gasteiger partial charge in [-0.05, 0) is 36.4 Å². The number of amides is 2. The summed E-state index contributed by atoms with van der Waals surface area (Å²) in [6.07, 6.45) is -54.9. The lowest BCUT2D eigenvalue weighted by molar-refractivity contribution is -0.389. The predicted octanol–water partition coefficient (Wildman–Crippen LogP) is 2.02. The second kappa shape index (κ2) is 51.5. The Morgan fingerprint density at radius 2 is 0.763 bits per heavy atom. The van der Waals surface area contributed by atoms with Crippen LogP contribution in [0.5, 0.6) is 0 Å². The fourth-order valence-corrected chi connectivity index (χ4v) is 15.0. The van der Waals surface area contributed by atoms with Crippen molar-refractivity contribution in [2.75, 3.05) is 46.8 Å². The van der Waals surface area contributed by atoms with E-state index in [1.165, 1.54) is 91.0 Å². The molecule has 52 heteroatoms. The Balaban J connectivity index is 1.44. The molecule has 8 rings (SSSR count). The monoisotopic (exact) mass is 2030 g/mol. The molecule has 5 aliphatic heterocycles. The fourth-order valence-electron chi connectivity index (χ4n) is 14.9. The molecule has 0 bridgehead atoms. The van der Waals surface area contributed by atoms with Gasteiger partial charge in [-0.2, -0.15) is 0 Å². The van der Waals surface area contributed by atoms with E-state index in [0.29, 0.717) is 0 Å². The van der Waals surface area contributed by atoms with Gasteiger partial charge in [-0.3, -0.25) is 77.3 Å². The smallest absolute Gasteiger partial charge is 0.366 e. The highest BCUT2D eigenvalue weighted by atomic mass is 35.6. The van der Waals surface area contributed by atoms with Gasteiger partial charge in [0.25, 0.3) is 15.5 Å². The molecular formula is C87H102Cl3N3O46. The molecule has 139 heavy (non-hydrogen) atoms. The first-order chi connectivity index (χ1) is 65.5. The number of hydrogen-bond acceptors (Lipinski definition) is 47.